The number of urea groups is 1. The lowest BCUT2D eigenvalue weighted by Crippen LogP contribution is -2.40. The standard InChI is InChI=1S/C22H22N4O4/c23-14-8-6-13(7-9-14)19(27)25-22(30)24-15-10-11-17-18(12-15)21(29)26(20(17)28)16-4-2-1-3-5-16/h6-12,16H,1-5,23H2,(H2,24,25,27,30). The maximum atomic E-state index is 12.8. The zero-order valence-corrected chi connectivity index (χ0v) is 16.3. The molecule has 1 heterocycles. The van der Waals surface area contributed by atoms with Crippen molar-refractivity contribution >= 4 is 35.1 Å². The molecule has 0 spiro atoms. The molecule has 4 N–H and O–H groups in total. The van der Waals surface area contributed by atoms with Crippen LogP contribution in [-0.2, 0) is 0 Å². The molecule has 8 heteroatoms. The molecule has 0 atom stereocenters. The maximum absolute atomic E-state index is 12.8. The summed E-state index contributed by atoms with van der Waals surface area (Å²) in [5.74, 6) is -1.19. The van der Waals surface area contributed by atoms with E-state index in [4.69, 9.17) is 5.73 Å². The van der Waals surface area contributed by atoms with E-state index in [-0.39, 0.29) is 29.0 Å². The highest BCUT2D eigenvalue weighted by Gasteiger charge is 2.40. The highest BCUT2D eigenvalue weighted by Crippen LogP contribution is 2.32. The average Bonchev–Trinajstić information content (AvgIpc) is 2.99. The zero-order chi connectivity index (χ0) is 21.3. The molecule has 0 saturated heterocycles. The number of anilines is 2. The van der Waals surface area contributed by atoms with Crippen molar-refractivity contribution in [3.05, 3.63) is 59.2 Å². The van der Waals surface area contributed by atoms with Gasteiger partial charge in [-0.1, -0.05) is 19.3 Å². The molecule has 0 bridgehead atoms. The van der Waals surface area contributed by atoms with Gasteiger partial charge in [-0.3, -0.25) is 24.6 Å². The Labute approximate surface area is 173 Å². The molecule has 0 aromatic heterocycles. The summed E-state index contributed by atoms with van der Waals surface area (Å²) in [5.41, 5.74) is 7.32. The van der Waals surface area contributed by atoms with Crippen LogP contribution < -0.4 is 16.4 Å². The minimum absolute atomic E-state index is 0.0663. The second kappa shape index (κ2) is 7.98. The number of benzene rings is 2. The van der Waals surface area contributed by atoms with Gasteiger partial charge in [0.1, 0.15) is 0 Å². The van der Waals surface area contributed by atoms with Gasteiger partial charge in [-0.2, -0.15) is 0 Å². The number of hydrogen-bond acceptors (Lipinski definition) is 5. The third-order valence-corrected chi connectivity index (χ3v) is 5.52. The number of fused-ring (bicyclic) bond motifs is 1. The van der Waals surface area contributed by atoms with Crippen molar-refractivity contribution in [2.45, 2.75) is 38.1 Å². The third-order valence-electron chi connectivity index (χ3n) is 5.52. The molecule has 1 aliphatic heterocycles. The van der Waals surface area contributed by atoms with Crippen LogP contribution in [0.4, 0.5) is 16.2 Å². The Morgan fingerprint density at radius 1 is 0.900 bits per heavy atom. The highest BCUT2D eigenvalue weighted by atomic mass is 16.2. The number of imide groups is 2. The van der Waals surface area contributed by atoms with Gasteiger partial charge >= 0.3 is 6.03 Å². The number of rotatable bonds is 3. The summed E-state index contributed by atoms with van der Waals surface area (Å²) in [6.07, 6.45) is 4.79. The van der Waals surface area contributed by atoms with Crippen LogP contribution in [0.1, 0.15) is 63.2 Å². The molecule has 0 radical (unpaired) electrons. The van der Waals surface area contributed by atoms with Gasteiger partial charge < -0.3 is 11.1 Å². The number of nitrogens with two attached hydrogens (primary N) is 1. The molecular formula is C22H22N4O4. The topological polar surface area (TPSA) is 122 Å². The SMILES string of the molecule is Nc1ccc(C(=O)NC(=O)Nc2ccc3c(c2)C(=O)N(C2CCCCC2)C3=O)cc1. The number of nitrogen functional groups attached to an aromatic ring is 1. The zero-order valence-electron chi connectivity index (χ0n) is 16.3. The Hall–Kier alpha value is -3.68. The van der Waals surface area contributed by atoms with Crippen LogP contribution in [0.25, 0.3) is 0 Å². The molecule has 1 aliphatic carbocycles. The lowest BCUT2D eigenvalue weighted by molar-refractivity contribution is 0.0548. The van der Waals surface area contributed by atoms with E-state index in [2.05, 4.69) is 10.6 Å². The van der Waals surface area contributed by atoms with Crippen LogP contribution in [0, 0.1) is 0 Å². The number of amides is 5. The Morgan fingerprint density at radius 3 is 2.27 bits per heavy atom. The molecular weight excluding hydrogens is 384 g/mol. The predicted molar refractivity (Wildman–Crippen MR) is 111 cm³/mol. The smallest absolute Gasteiger partial charge is 0.326 e. The predicted octanol–water partition coefficient (Wildman–Crippen LogP) is 3.16. The van der Waals surface area contributed by atoms with Crippen LogP contribution in [-0.4, -0.2) is 34.7 Å². The fourth-order valence-electron chi connectivity index (χ4n) is 3.98. The molecule has 30 heavy (non-hydrogen) atoms. The van der Waals surface area contributed by atoms with Crippen LogP contribution >= 0.6 is 0 Å². The van der Waals surface area contributed by atoms with E-state index < -0.39 is 11.9 Å². The summed E-state index contributed by atoms with van der Waals surface area (Å²) in [5, 5.41) is 4.76. The molecule has 4 rings (SSSR count). The van der Waals surface area contributed by atoms with E-state index in [0.717, 1.165) is 32.1 Å². The van der Waals surface area contributed by atoms with E-state index in [1.807, 2.05) is 0 Å². The summed E-state index contributed by atoms with van der Waals surface area (Å²) in [6, 6.07) is 9.90. The number of hydrogen-bond donors (Lipinski definition) is 3. The lowest BCUT2D eigenvalue weighted by Gasteiger charge is -2.29. The van der Waals surface area contributed by atoms with Gasteiger partial charge in [-0.25, -0.2) is 4.79 Å². The molecule has 2 aromatic rings. The van der Waals surface area contributed by atoms with Gasteiger partial charge in [0.2, 0.25) is 0 Å². The van der Waals surface area contributed by atoms with E-state index in [1.165, 1.54) is 29.2 Å². The molecule has 1 fully saturated rings. The van der Waals surface area contributed by atoms with Crippen molar-refractivity contribution in [1.29, 1.82) is 0 Å². The van der Waals surface area contributed by atoms with Crippen molar-refractivity contribution in [2.75, 3.05) is 11.1 Å². The van der Waals surface area contributed by atoms with Crippen molar-refractivity contribution in [3.63, 3.8) is 0 Å². The third kappa shape index (κ3) is 3.76. The summed E-state index contributed by atoms with van der Waals surface area (Å²) in [6.45, 7) is 0. The minimum Gasteiger partial charge on any atom is -0.399 e. The molecule has 2 aromatic carbocycles. The van der Waals surface area contributed by atoms with Gasteiger partial charge in [0.25, 0.3) is 17.7 Å². The van der Waals surface area contributed by atoms with Gasteiger partial charge in [0.15, 0.2) is 0 Å². The Kier molecular flexibility index (Phi) is 5.22. The Morgan fingerprint density at radius 2 is 1.57 bits per heavy atom. The molecule has 2 aliphatic rings. The number of nitrogens with one attached hydrogen (secondary N) is 2. The fourth-order valence-corrected chi connectivity index (χ4v) is 3.98. The molecule has 8 nitrogen and oxygen atoms in total. The maximum Gasteiger partial charge on any atom is 0.326 e. The number of carbonyl (C=O) groups excluding carboxylic acids is 4. The van der Waals surface area contributed by atoms with Gasteiger partial charge in [-0.15, -0.1) is 0 Å². The van der Waals surface area contributed by atoms with E-state index in [9.17, 15) is 19.2 Å². The lowest BCUT2D eigenvalue weighted by atomic mass is 9.94. The number of nitrogens with zero attached hydrogens (tertiary/aromatic N) is 1. The first-order valence-electron chi connectivity index (χ1n) is 9.94. The number of carbonyl (C=O) groups is 4. The van der Waals surface area contributed by atoms with Crippen molar-refractivity contribution in [1.82, 2.24) is 10.2 Å². The first-order chi connectivity index (χ1) is 14.4. The van der Waals surface area contributed by atoms with Gasteiger partial charge in [-0.05, 0) is 55.3 Å². The second-order valence-electron chi connectivity index (χ2n) is 7.56. The highest BCUT2D eigenvalue weighted by molar-refractivity contribution is 6.22. The molecule has 154 valence electrons. The quantitative estimate of drug-likeness (QED) is 0.534. The van der Waals surface area contributed by atoms with Crippen molar-refractivity contribution in [3.8, 4) is 0 Å². The summed E-state index contributed by atoms with van der Waals surface area (Å²) < 4.78 is 0. The summed E-state index contributed by atoms with van der Waals surface area (Å²) in [7, 11) is 0. The van der Waals surface area contributed by atoms with Crippen molar-refractivity contribution in [2.24, 2.45) is 0 Å². The van der Waals surface area contributed by atoms with Gasteiger partial charge in [0, 0.05) is 23.0 Å². The van der Waals surface area contributed by atoms with E-state index in [1.54, 1.807) is 18.2 Å². The average molecular weight is 406 g/mol. The first kappa shape index (κ1) is 19.6. The van der Waals surface area contributed by atoms with E-state index >= 15 is 0 Å². The van der Waals surface area contributed by atoms with Crippen LogP contribution in [0.2, 0.25) is 0 Å². The molecule has 1 saturated carbocycles. The monoisotopic (exact) mass is 406 g/mol. The van der Waals surface area contributed by atoms with Crippen LogP contribution in [0.15, 0.2) is 42.5 Å². The van der Waals surface area contributed by atoms with Crippen LogP contribution in [0.5, 0.6) is 0 Å². The normalized spacial score (nSPS) is 16.3. The largest absolute Gasteiger partial charge is 0.399 e. The Bertz CT molecular complexity index is 1030. The Balaban J connectivity index is 1.45. The summed E-state index contributed by atoms with van der Waals surface area (Å²) in [4.78, 5) is 51.3. The molecule has 0 unspecified atom stereocenters. The second-order valence-corrected chi connectivity index (χ2v) is 7.56. The molecule has 5 amide bonds. The van der Waals surface area contributed by atoms with Gasteiger partial charge in [0.05, 0.1) is 11.1 Å². The van der Waals surface area contributed by atoms with E-state index in [0.29, 0.717) is 16.9 Å². The fraction of sp³-hybridized carbons (Fsp3) is 0.273. The summed E-state index contributed by atoms with van der Waals surface area (Å²) >= 11 is 0. The van der Waals surface area contributed by atoms with Crippen LogP contribution in [0.3, 0.4) is 0 Å². The minimum atomic E-state index is -0.738. The first-order valence-corrected chi connectivity index (χ1v) is 9.94. The van der Waals surface area contributed by atoms with Crippen molar-refractivity contribution < 1.29 is 19.2 Å².